The summed E-state index contributed by atoms with van der Waals surface area (Å²) in [4.78, 5) is 11.8. The van der Waals surface area contributed by atoms with Gasteiger partial charge >= 0.3 is 5.97 Å². The van der Waals surface area contributed by atoms with Crippen LogP contribution in [0.4, 0.5) is 0 Å². The van der Waals surface area contributed by atoms with Crippen LogP contribution in [0.3, 0.4) is 0 Å². The molecule has 0 saturated carbocycles. The summed E-state index contributed by atoms with van der Waals surface area (Å²) in [7, 11) is 4.10. The highest BCUT2D eigenvalue weighted by Crippen LogP contribution is 1.76. The van der Waals surface area contributed by atoms with Gasteiger partial charge in [-0.15, -0.1) is 0 Å². The maximum atomic E-state index is 9.63. The van der Waals surface area contributed by atoms with Gasteiger partial charge in [-0.2, -0.15) is 0 Å². The van der Waals surface area contributed by atoms with Crippen molar-refractivity contribution < 1.29 is 14.6 Å². The van der Waals surface area contributed by atoms with Crippen molar-refractivity contribution in [1.29, 1.82) is 0 Å². The van der Waals surface area contributed by atoms with E-state index in [0.29, 0.717) is 6.61 Å². The lowest BCUT2D eigenvalue weighted by Crippen LogP contribution is -2.16. The van der Waals surface area contributed by atoms with Gasteiger partial charge in [0.1, 0.15) is 6.61 Å². The van der Waals surface area contributed by atoms with E-state index < -0.39 is 5.97 Å². The van der Waals surface area contributed by atoms with E-state index in [4.69, 9.17) is 10.8 Å². The first-order valence-electron chi connectivity index (χ1n) is 4.68. The molecule has 0 aliphatic rings. The summed E-state index contributed by atoms with van der Waals surface area (Å²) in [6.07, 6.45) is 1.10. The van der Waals surface area contributed by atoms with E-state index in [1.165, 1.54) is 0 Å². The van der Waals surface area contributed by atoms with E-state index in [1.54, 1.807) is 6.92 Å². The first-order chi connectivity index (χ1) is 6.54. The number of hydrogen-bond acceptors (Lipinski definition) is 4. The predicted molar refractivity (Wildman–Crippen MR) is 56.4 cm³/mol. The fourth-order valence-electron chi connectivity index (χ4n) is 0.597. The van der Waals surface area contributed by atoms with Gasteiger partial charge in [0, 0.05) is 6.61 Å². The molecule has 0 rings (SSSR count). The van der Waals surface area contributed by atoms with Gasteiger partial charge in [-0.1, -0.05) is 0 Å². The molecule has 0 bridgehead atoms. The van der Waals surface area contributed by atoms with Crippen molar-refractivity contribution in [3.05, 3.63) is 0 Å². The summed E-state index contributed by atoms with van der Waals surface area (Å²) < 4.78 is 4.50. The van der Waals surface area contributed by atoms with Crippen molar-refractivity contribution in [1.82, 2.24) is 4.90 Å². The van der Waals surface area contributed by atoms with Crippen LogP contribution in [0.15, 0.2) is 0 Å². The number of carboxylic acids is 1. The number of aliphatic carboxylic acids is 1. The van der Waals surface area contributed by atoms with Gasteiger partial charge in [0.2, 0.25) is 0 Å². The standard InChI is InChI=1S/C5H14N2.C4H8O3/c1-7(2)5-3-4-6;1-2-7-3-4(5)6/h3-6H2,1-2H3;2-3H2,1H3,(H,5,6). The van der Waals surface area contributed by atoms with Crippen LogP contribution in [0.1, 0.15) is 13.3 Å². The number of nitrogens with zero attached hydrogens (tertiary/aromatic N) is 1. The average molecular weight is 206 g/mol. The van der Waals surface area contributed by atoms with Crippen molar-refractivity contribution in [3.8, 4) is 0 Å². The molecular formula is C9H22N2O3. The number of carboxylic acid groups (broad SMARTS) is 1. The SMILES string of the molecule is CCOCC(=O)O.CN(C)CCCN. The maximum Gasteiger partial charge on any atom is 0.329 e. The molecule has 0 aliphatic carbocycles. The number of rotatable bonds is 6. The second-order valence-electron chi connectivity index (χ2n) is 2.98. The molecule has 0 spiro atoms. The topological polar surface area (TPSA) is 75.8 Å². The summed E-state index contributed by atoms with van der Waals surface area (Å²) in [5, 5.41) is 7.92. The second kappa shape index (κ2) is 12.3. The van der Waals surface area contributed by atoms with Crippen molar-refractivity contribution in [2.45, 2.75) is 13.3 Å². The van der Waals surface area contributed by atoms with Gasteiger partial charge in [-0.05, 0) is 40.5 Å². The molecule has 0 saturated heterocycles. The van der Waals surface area contributed by atoms with Crippen LogP contribution >= 0.6 is 0 Å². The third kappa shape index (κ3) is 22.5. The Kier molecular flexibility index (Phi) is 13.9. The Morgan fingerprint density at radius 2 is 2.07 bits per heavy atom. The molecule has 0 atom stereocenters. The van der Waals surface area contributed by atoms with Crippen LogP contribution in [0, 0.1) is 0 Å². The molecule has 86 valence electrons. The van der Waals surface area contributed by atoms with E-state index in [9.17, 15) is 4.79 Å². The van der Waals surface area contributed by atoms with Crippen LogP contribution in [0.2, 0.25) is 0 Å². The fourth-order valence-corrected chi connectivity index (χ4v) is 0.597. The van der Waals surface area contributed by atoms with E-state index in [1.807, 2.05) is 0 Å². The molecular weight excluding hydrogens is 184 g/mol. The number of hydrogen-bond donors (Lipinski definition) is 2. The van der Waals surface area contributed by atoms with Crippen LogP contribution < -0.4 is 5.73 Å². The van der Waals surface area contributed by atoms with E-state index in [0.717, 1.165) is 19.5 Å². The van der Waals surface area contributed by atoms with E-state index in [-0.39, 0.29) is 6.61 Å². The van der Waals surface area contributed by atoms with Gasteiger partial charge in [0.05, 0.1) is 0 Å². The van der Waals surface area contributed by atoms with Gasteiger partial charge < -0.3 is 20.5 Å². The number of carbonyl (C=O) groups is 1. The van der Waals surface area contributed by atoms with E-state index >= 15 is 0 Å². The Hall–Kier alpha value is -0.650. The first kappa shape index (κ1) is 15.8. The second-order valence-corrected chi connectivity index (χ2v) is 2.98. The van der Waals surface area contributed by atoms with Crippen molar-refractivity contribution >= 4 is 5.97 Å². The van der Waals surface area contributed by atoms with Crippen LogP contribution in [0.25, 0.3) is 0 Å². The smallest absolute Gasteiger partial charge is 0.329 e. The Balaban J connectivity index is 0. The molecule has 3 N–H and O–H groups in total. The normalized spacial score (nSPS) is 9.50. The summed E-state index contributed by atoms with van der Waals surface area (Å²) in [5.74, 6) is -0.915. The monoisotopic (exact) mass is 206 g/mol. The van der Waals surface area contributed by atoms with Crippen LogP contribution in [-0.4, -0.2) is 56.4 Å². The minimum Gasteiger partial charge on any atom is -0.480 e. The fraction of sp³-hybridized carbons (Fsp3) is 0.889. The molecule has 0 radical (unpaired) electrons. The van der Waals surface area contributed by atoms with E-state index in [2.05, 4.69) is 23.7 Å². The molecule has 5 heteroatoms. The molecule has 0 aromatic rings. The minimum absolute atomic E-state index is 0.184. The molecule has 5 nitrogen and oxygen atoms in total. The first-order valence-corrected chi connectivity index (χ1v) is 4.68. The molecule has 0 heterocycles. The molecule has 0 fully saturated rings. The van der Waals surface area contributed by atoms with Crippen LogP contribution in [0.5, 0.6) is 0 Å². The predicted octanol–water partition coefficient (Wildman–Crippen LogP) is 0.00430. The van der Waals surface area contributed by atoms with Gasteiger partial charge in [-0.3, -0.25) is 0 Å². The third-order valence-corrected chi connectivity index (χ3v) is 1.24. The zero-order valence-electron chi connectivity index (χ0n) is 9.32. The van der Waals surface area contributed by atoms with Gasteiger partial charge in [-0.25, -0.2) is 4.79 Å². The maximum absolute atomic E-state index is 9.63. The highest BCUT2D eigenvalue weighted by Gasteiger charge is 1.90. The Bertz CT molecular complexity index is 129. The summed E-state index contributed by atoms with van der Waals surface area (Å²) >= 11 is 0. The minimum atomic E-state index is -0.915. The number of ether oxygens (including phenoxy) is 1. The van der Waals surface area contributed by atoms with Crippen LogP contribution in [-0.2, 0) is 9.53 Å². The lowest BCUT2D eigenvalue weighted by molar-refractivity contribution is -0.142. The van der Waals surface area contributed by atoms with Gasteiger partial charge in [0.25, 0.3) is 0 Å². The summed E-state index contributed by atoms with van der Waals surface area (Å²) in [6.45, 7) is 3.94. The average Bonchev–Trinajstić information content (AvgIpc) is 2.12. The largest absolute Gasteiger partial charge is 0.480 e. The van der Waals surface area contributed by atoms with Crippen molar-refractivity contribution in [3.63, 3.8) is 0 Å². The molecule has 0 aromatic carbocycles. The van der Waals surface area contributed by atoms with Crippen molar-refractivity contribution in [2.24, 2.45) is 5.73 Å². The number of nitrogens with two attached hydrogens (primary N) is 1. The third-order valence-electron chi connectivity index (χ3n) is 1.24. The van der Waals surface area contributed by atoms with Gasteiger partial charge in [0.15, 0.2) is 0 Å². The zero-order chi connectivity index (χ0) is 11.4. The molecule has 0 amide bonds. The quantitative estimate of drug-likeness (QED) is 0.640. The molecule has 0 unspecified atom stereocenters. The summed E-state index contributed by atoms with van der Waals surface area (Å²) in [5.41, 5.74) is 5.25. The highest BCUT2D eigenvalue weighted by molar-refractivity contribution is 5.67. The zero-order valence-corrected chi connectivity index (χ0v) is 9.32. The Morgan fingerprint density at radius 3 is 2.21 bits per heavy atom. The lowest BCUT2D eigenvalue weighted by Gasteiger charge is -2.05. The van der Waals surface area contributed by atoms with Crippen molar-refractivity contribution in [2.75, 3.05) is 40.4 Å². The highest BCUT2D eigenvalue weighted by atomic mass is 16.5. The lowest BCUT2D eigenvalue weighted by atomic mass is 10.4. The Morgan fingerprint density at radius 1 is 1.50 bits per heavy atom. The molecule has 0 aliphatic heterocycles. The Labute approximate surface area is 85.8 Å². The molecule has 0 aromatic heterocycles. The summed E-state index contributed by atoms with van der Waals surface area (Å²) in [6, 6.07) is 0. The molecule has 14 heavy (non-hydrogen) atoms.